The summed E-state index contributed by atoms with van der Waals surface area (Å²) in [5.41, 5.74) is 3.35. The molecule has 0 aliphatic carbocycles. The Hall–Kier alpha value is -3.48. The standard InChI is InChI=1S/C20H18N6O/c1-24-10-4-6-17(24)19-23-22-18-8-7-14(13-26(18)19)20(27)25-11-15(12-25)16-5-2-3-9-21-16/h2-10,13,15H,11-12H2,1H3. The molecule has 1 saturated heterocycles. The van der Waals surface area contributed by atoms with E-state index < -0.39 is 0 Å². The molecule has 1 fully saturated rings. The largest absolute Gasteiger partial charge is 0.348 e. The van der Waals surface area contributed by atoms with Crippen molar-refractivity contribution >= 4 is 11.6 Å². The maximum absolute atomic E-state index is 12.9. The third-order valence-corrected chi connectivity index (χ3v) is 5.10. The van der Waals surface area contributed by atoms with Gasteiger partial charge in [-0.3, -0.25) is 14.2 Å². The van der Waals surface area contributed by atoms with Crippen molar-refractivity contribution in [2.75, 3.05) is 13.1 Å². The van der Waals surface area contributed by atoms with Gasteiger partial charge in [0.1, 0.15) is 0 Å². The lowest BCUT2D eigenvalue weighted by Crippen LogP contribution is -2.48. The van der Waals surface area contributed by atoms with Crippen molar-refractivity contribution in [1.82, 2.24) is 29.0 Å². The van der Waals surface area contributed by atoms with Crippen molar-refractivity contribution in [2.45, 2.75) is 5.92 Å². The minimum atomic E-state index is 0.0237. The van der Waals surface area contributed by atoms with E-state index >= 15 is 0 Å². The molecule has 0 bridgehead atoms. The molecule has 5 rings (SSSR count). The van der Waals surface area contributed by atoms with Crippen LogP contribution in [-0.2, 0) is 7.05 Å². The van der Waals surface area contributed by atoms with E-state index in [0.29, 0.717) is 24.6 Å². The zero-order valence-electron chi connectivity index (χ0n) is 14.9. The molecule has 1 amide bonds. The Morgan fingerprint density at radius 3 is 2.70 bits per heavy atom. The number of amides is 1. The number of aromatic nitrogens is 5. The molecule has 5 heterocycles. The highest BCUT2D eigenvalue weighted by Gasteiger charge is 2.33. The van der Waals surface area contributed by atoms with Gasteiger partial charge in [-0.1, -0.05) is 6.07 Å². The van der Waals surface area contributed by atoms with Gasteiger partial charge in [-0.05, 0) is 36.4 Å². The molecule has 1 aliphatic rings. The normalized spacial score (nSPS) is 14.5. The Balaban J connectivity index is 1.41. The predicted molar refractivity (Wildman–Crippen MR) is 100 cm³/mol. The molecule has 0 unspecified atom stereocenters. The Labute approximate surface area is 155 Å². The second-order valence-electron chi connectivity index (χ2n) is 6.84. The zero-order valence-corrected chi connectivity index (χ0v) is 14.9. The number of fused-ring (bicyclic) bond motifs is 1. The van der Waals surface area contributed by atoms with E-state index in [4.69, 9.17) is 0 Å². The highest BCUT2D eigenvalue weighted by atomic mass is 16.2. The molecule has 7 nitrogen and oxygen atoms in total. The van der Waals surface area contributed by atoms with Crippen LogP contribution < -0.4 is 0 Å². The first-order valence-electron chi connectivity index (χ1n) is 8.87. The minimum absolute atomic E-state index is 0.0237. The SMILES string of the molecule is Cn1cccc1-c1nnc2ccc(C(=O)N3CC(c4ccccn4)C3)cn12. The van der Waals surface area contributed by atoms with Gasteiger partial charge in [-0.15, -0.1) is 10.2 Å². The lowest BCUT2D eigenvalue weighted by atomic mass is 9.95. The van der Waals surface area contributed by atoms with E-state index in [0.717, 1.165) is 22.9 Å². The smallest absolute Gasteiger partial charge is 0.255 e. The monoisotopic (exact) mass is 358 g/mol. The lowest BCUT2D eigenvalue weighted by Gasteiger charge is -2.38. The molecule has 0 spiro atoms. The van der Waals surface area contributed by atoms with Crippen molar-refractivity contribution < 1.29 is 4.79 Å². The van der Waals surface area contributed by atoms with Gasteiger partial charge in [0, 0.05) is 50.3 Å². The summed E-state index contributed by atoms with van der Waals surface area (Å²) >= 11 is 0. The fourth-order valence-corrected chi connectivity index (χ4v) is 3.52. The van der Waals surface area contributed by atoms with Gasteiger partial charge in [-0.25, -0.2) is 0 Å². The van der Waals surface area contributed by atoms with Gasteiger partial charge < -0.3 is 9.47 Å². The lowest BCUT2D eigenvalue weighted by molar-refractivity contribution is 0.0598. The van der Waals surface area contributed by atoms with Crippen molar-refractivity contribution in [3.05, 3.63) is 72.3 Å². The summed E-state index contributed by atoms with van der Waals surface area (Å²) in [6, 6.07) is 13.5. The Morgan fingerprint density at radius 2 is 1.96 bits per heavy atom. The number of hydrogen-bond acceptors (Lipinski definition) is 4. The fourth-order valence-electron chi connectivity index (χ4n) is 3.52. The van der Waals surface area contributed by atoms with Crippen LogP contribution in [0.5, 0.6) is 0 Å². The Kier molecular flexibility index (Phi) is 3.53. The molecule has 0 aromatic carbocycles. The summed E-state index contributed by atoms with van der Waals surface area (Å²) in [5.74, 6) is 1.06. The molecule has 4 aromatic rings. The first kappa shape index (κ1) is 15.7. The molecule has 0 N–H and O–H groups in total. The Morgan fingerprint density at radius 1 is 1.07 bits per heavy atom. The predicted octanol–water partition coefficient (Wildman–Crippen LogP) is 2.37. The van der Waals surface area contributed by atoms with E-state index in [-0.39, 0.29) is 5.91 Å². The maximum atomic E-state index is 12.9. The van der Waals surface area contributed by atoms with E-state index in [2.05, 4.69) is 15.2 Å². The quantitative estimate of drug-likeness (QED) is 0.564. The summed E-state index contributed by atoms with van der Waals surface area (Å²) < 4.78 is 3.86. The minimum Gasteiger partial charge on any atom is -0.348 e. The van der Waals surface area contributed by atoms with Gasteiger partial charge in [0.15, 0.2) is 11.5 Å². The number of carbonyl (C=O) groups is 1. The van der Waals surface area contributed by atoms with E-state index in [1.54, 1.807) is 6.20 Å². The van der Waals surface area contributed by atoms with Gasteiger partial charge in [0.25, 0.3) is 5.91 Å². The first-order chi connectivity index (χ1) is 13.2. The number of rotatable bonds is 3. The molecule has 134 valence electrons. The number of pyridine rings is 2. The average Bonchev–Trinajstić information content (AvgIpc) is 3.26. The van der Waals surface area contributed by atoms with Gasteiger partial charge in [0.05, 0.1) is 11.3 Å². The topological polar surface area (TPSA) is 68.3 Å². The molecular weight excluding hydrogens is 340 g/mol. The molecule has 4 aromatic heterocycles. The van der Waals surface area contributed by atoms with Crippen LogP contribution in [0, 0.1) is 0 Å². The second-order valence-corrected chi connectivity index (χ2v) is 6.84. The average molecular weight is 358 g/mol. The number of hydrogen-bond donors (Lipinski definition) is 0. The van der Waals surface area contributed by atoms with Gasteiger partial charge in [-0.2, -0.15) is 0 Å². The van der Waals surface area contributed by atoms with Crippen LogP contribution in [-0.4, -0.2) is 48.0 Å². The van der Waals surface area contributed by atoms with E-state index in [1.807, 2.05) is 75.8 Å². The third kappa shape index (κ3) is 2.59. The van der Waals surface area contributed by atoms with Crippen LogP contribution >= 0.6 is 0 Å². The maximum Gasteiger partial charge on any atom is 0.255 e. The number of nitrogens with zero attached hydrogens (tertiary/aromatic N) is 6. The van der Waals surface area contributed by atoms with Crippen molar-refractivity contribution in [3.63, 3.8) is 0 Å². The van der Waals surface area contributed by atoms with Crippen LogP contribution in [0.2, 0.25) is 0 Å². The molecular formula is C20H18N6O. The van der Waals surface area contributed by atoms with Crippen molar-refractivity contribution in [2.24, 2.45) is 7.05 Å². The van der Waals surface area contributed by atoms with Gasteiger partial charge >= 0.3 is 0 Å². The van der Waals surface area contributed by atoms with Crippen LogP contribution in [0.1, 0.15) is 22.0 Å². The van der Waals surface area contributed by atoms with Crippen LogP contribution in [0.4, 0.5) is 0 Å². The molecule has 27 heavy (non-hydrogen) atoms. The summed E-state index contributed by atoms with van der Waals surface area (Å²) in [6.07, 6.45) is 5.59. The number of carbonyl (C=O) groups excluding carboxylic acids is 1. The summed E-state index contributed by atoms with van der Waals surface area (Å²) in [6.45, 7) is 1.39. The molecule has 0 radical (unpaired) electrons. The van der Waals surface area contributed by atoms with Crippen LogP contribution in [0.3, 0.4) is 0 Å². The highest BCUT2D eigenvalue weighted by molar-refractivity contribution is 5.95. The molecule has 0 atom stereocenters. The molecule has 1 aliphatic heterocycles. The number of aryl methyl sites for hydroxylation is 1. The van der Waals surface area contributed by atoms with Gasteiger partial charge in [0.2, 0.25) is 0 Å². The first-order valence-corrected chi connectivity index (χ1v) is 8.87. The number of likely N-dealkylation sites (tertiary alicyclic amines) is 1. The molecule has 0 saturated carbocycles. The Bertz CT molecular complexity index is 1120. The summed E-state index contributed by atoms with van der Waals surface area (Å²) in [7, 11) is 1.96. The van der Waals surface area contributed by atoms with Crippen molar-refractivity contribution in [3.8, 4) is 11.5 Å². The highest BCUT2D eigenvalue weighted by Crippen LogP contribution is 2.27. The molecule has 7 heteroatoms. The van der Waals surface area contributed by atoms with E-state index in [1.165, 1.54) is 0 Å². The van der Waals surface area contributed by atoms with Crippen LogP contribution in [0.25, 0.3) is 17.2 Å². The van der Waals surface area contributed by atoms with Crippen molar-refractivity contribution in [1.29, 1.82) is 0 Å². The third-order valence-electron chi connectivity index (χ3n) is 5.10. The van der Waals surface area contributed by atoms with Crippen LogP contribution in [0.15, 0.2) is 61.1 Å². The summed E-state index contributed by atoms with van der Waals surface area (Å²) in [4.78, 5) is 19.1. The fraction of sp³-hybridized carbons (Fsp3) is 0.200. The zero-order chi connectivity index (χ0) is 18.4. The summed E-state index contributed by atoms with van der Waals surface area (Å²) in [5, 5.41) is 8.50. The van der Waals surface area contributed by atoms with E-state index in [9.17, 15) is 4.79 Å². The second kappa shape index (κ2) is 6.05.